The minimum Gasteiger partial charge on any atom is -0.354 e. The molecule has 1 atom stereocenters. The molecular formula is C24H31Cl2N3O4S. The van der Waals surface area contributed by atoms with Crippen molar-refractivity contribution in [1.82, 2.24) is 10.2 Å². The molecular weight excluding hydrogens is 497 g/mol. The molecule has 0 aliphatic heterocycles. The van der Waals surface area contributed by atoms with Crippen LogP contribution in [0.4, 0.5) is 5.69 Å². The summed E-state index contributed by atoms with van der Waals surface area (Å²) in [7, 11) is -3.85. The molecule has 0 radical (unpaired) electrons. The van der Waals surface area contributed by atoms with E-state index in [4.69, 9.17) is 23.2 Å². The van der Waals surface area contributed by atoms with E-state index in [9.17, 15) is 18.0 Å². The molecule has 2 rings (SSSR count). The Kier molecular flexibility index (Phi) is 10.2. The molecule has 2 amide bonds. The number of carbonyl (C=O) groups excluding carboxylic acids is 2. The Morgan fingerprint density at radius 2 is 1.59 bits per heavy atom. The van der Waals surface area contributed by atoms with Crippen LogP contribution >= 0.6 is 23.2 Å². The predicted octanol–water partition coefficient (Wildman–Crippen LogP) is 3.99. The van der Waals surface area contributed by atoms with E-state index in [0.29, 0.717) is 13.0 Å². The molecule has 2 aromatic rings. The van der Waals surface area contributed by atoms with Crippen molar-refractivity contribution in [2.75, 3.05) is 30.2 Å². The van der Waals surface area contributed by atoms with Crippen molar-refractivity contribution in [1.29, 1.82) is 0 Å². The highest BCUT2D eigenvalue weighted by molar-refractivity contribution is 7.92. The lowest BCUT2D eigenvalue weighted by Crippen LogP contribution is -2.52. The largest absolute Gasteiger partial charge is 0.354 e. The van der Waals surface area contributed by atoms with Crippen molar-refractivity contribution in [3.8, 4) is 0 Å². The van der Waals surface area contributed by atoms with Crippen LogP contribution in [-0.2, 0) is 26.0 Å². The van der Waals surface area contributed by atoms with Gasteiger partial charge in [-0.2, -0.15) is 0 Å². The molecule has 10 heteroatoms. The number of carbonyl (C=O) groups is 2. The zero-order valence-corrected chi connectivity index (χ0v) is 22.1. The van der Waals surface area contributed by atoms with Crippen molar-refractivity contribution >= 4 is 50.7 Å². The number of anilines is 1. The lowest BCUT2D eigenvalue weighted by atomic mass is 10.1. The van der Waals surface area contributed by atoms with Gasteiger partial charge < -0.3 is 10.2 Å². The van der Waals surface area contributed by atoms with Crippen molar-refractivity contribution in [3.63, 3.8) is 0 Å². The van der Waals surface area contributed by atoms with Gasteiger partial charge in [0.15, 0.2) is 0 Å². The topological polar surface area (TPSA) is 86.8 Å². The van der Waals surface area contributed by atoms with Gasteiger partial charge in [-0.1, -0.05) is 67.4 Å². The molecule has 0 aliphatic carbocycles. The van der Waals surface area contributed by atoms with Gasteiger partial charge in [-0.05, 0) is 43.0 Å². The van der Waals surface area contributed by atoms with E-state index in [0.717, 1.165) is 16.1 Å². The number of rotatable bonds is 11. The van der Waals surface area contributed by atoms with E-state index < -0.39 is 28.5 Å². The Labute approximate surface area is 212 Å². The highest BCUT2D eigenvalue weighted by Crippen LogP contribution is 2.27. The predicted molar refractivity (Wildman–Crippen MR) is 138 cm³/mol. The van der Waals surface area contributed by atoms with E-state index in [2.05, 4.69) is 5.32 Å². The maximum absolute atomic E-state index is 13.4. The number of benzene rings is 2. The second kappa shape index (κ2) is 12.4. The van der Waals surface area contributed by atoms with Gasteiger partial charge in [-0.25, -0.2) is 8.42 Å². The summed E-state index contributed by atoms with van der Waals surface area (Å²) >= 11 is 12.1. The van der Waals surface area contributed by atoms with Crippen LogP contribution in [0.1, 0.15) is 26.3 Å². The average molecular weight is 529 g/mol. The molecule has 0 saturated heterocycles. The zero-order valence-electron chi connectivity index (χ0n) is 19.8. The molecule has 186 valence electrons. The number of sulfonamides is 1. The van der Waals surface area contributed by atoms with Crippen LogP contribution in [-0.4, -0.2) is 57.1 Å². The Bertz CT molecular complexity index is 1070. The van der Waals surface area contributed by atoms with Crippen LogP contribution in [0, 0.1) is 5.92 Å². The highest BCUT2D eigenvalue weighted by atomic mass is 35.5. The lowest BCUT2D eigenvalue weighted by molar-refractivity contribution is -0.138. The summed E-state index contributed by atoms with van der Waals surface area (Å²) in [5.41, 5.74) is 1.17. The molecule has 0 spiro atoms. The SMILES string of the molecule is CC(C)CNC(=O)[C@@H](C)N(CCc1ccccc1)C(=O)CN(c1cc(Cl)cc(Cl)c1)S(C)(=O)=O. The number of nitrogens with one attached hydrogen (secondary N) is 1. The van der Waals surface area contributed by atoms with Gasteiger partial charge in [0.25, 0.3) is 0 Å². The third-order valence-electron chi connectivity index (χ3n) is 5.15. The monoisotopic (exact) mass is 527 g/mol. The summed E-state index contributed by atoms with van der Waals surface area (Å²) in [5, 5.41) is 3.33. The van der Waals surface area contributed by atoms with E-state index >= 15 is 0 Å². The van der Waals surface area contributed by atoms with Crippen molar-refractivity contribution in [3.05, 3.63) is 64.1 Å². The quantitative estimate of drug-likeness (QED) is 0.478. The van der Waals surface area contributed by atoms with Crippen LogP contribution in [0.15, 0.2) is 48.5 Å². The maximum atomic E-state index is 13.4. The Hall–Kier alpha value is -2.29. The molecule has 34 heavy (non-hydrogen) atoms. The fourth-order valence-corrected chi connectivity index (χ4v) is 4.67. The van der Waals surface area contributed by atoms with Gasteiger partial charge >= 0.3 is 0 Å². The molecule has 2 aromatic carbocycles. The summed E-state index contributed by atoms with van der Waals surface area (Å²) < 4.78 is 26.1. The summed E-state index contributed by atoms with van der Waals surface area (Å²) in [4.78, 5) is 27.6. The summed E-state index contributed by atoms with van der Waals surface area (Å²) in [5.74, 6) is -0.561. The van der Waals surface area contributed by atoms with E-state index in [1.807, 2.05) is 44.2 Å². The fraction of sp³-hybridized carbons (Fsp3) is 0.417. The van der Waals surface area contributed by atoms with Gasteiger partial charge in [0.1, 0.15) is 12.6 Å². The molecule has 0 aliphatic rings. The normalized spacial score (nSPS) is 12.3. The third-order valence-corrected chi connectivity index (χ3v) is 6.73. The summed E-state index contributed by atoms with van der Waals surface area (Å²) in [6.07, 6.45) is 1.51. The van der Waals surface area contributed by atoms with Crippen molar-refractivity contribution in [2.24, 2.45) is 5.92 Å². The van der Waals surface area contributed by atoms with Crippen LogP contribution < -0.4 is 9.62 Å². The highest BCUT2D eigenvalue weighted by Gasteiger charge is 2.30. The minimum atomic E-state index is -3.85. The van der Waals surface area contributed by atoms with Crippen molar-refractivity contribution in [2.45, 2.75) is 33.2 Å². The molecule has 0 unspecified atom stereocenters. The van der Waals surface area contributed by atoms with Crippen LogP contribution in [0.3, 0.4) is 0 Å². The van der Waals surface area contributed by atoms with Crippen LogP contribution in [0.2, 0.25) is 10.0 Å². The molecule has 1 N–H and O–H groups in total. The van der Waals surface area contributed by atoms with Crippen molar-refractivity contribution < 1.29 is 18.0 Å². The lowest BCUT2D eigenvalue weighted by Gasteiger charge is -2.31. The minimum absolute atomic E-state index is 0.174. The first-order valence-corrected chi connectivity index (χ1v) is 13.5. The number of hydrogen-bond donors (Lipinski definition) is 1. The second-order valence-electron chi connectivity index (χ2n) is 8.53. The van der Waals surface area contributed by atoms with Gasteiger partial charge in [-0.15, -0.1) is 0 Å². The first-order chi connectivity index (χ1) is 15.9. The number of nitrogens with zero attached hydrogens (tertiary/aromatic N) is 2. The number of halogens is 2. The fourth-order valence-electron chi connectivity index (χ4n) is 3.32. The third kappa shape index (κ3) is 8.49. The number of amides is 2. The van der Waals surface area contributed by atoms with E-state index in [1.165, 1.54) is 23.1 Å². The molecule has 0 fully saturated rings. The Morgan fingerprint density at radius 1 is 1.00 bits per heavy atom. The Balaban J connectivity index is 2.32. The van der Waals surface area contributed by atoms with Crippen LogP contribution in [0.25, 0.3) is 0 Å². The first kappa shape index (κ1) is 28.0. The van der Waals surface area contributed by atoms with Gasteiger partial charge in [-0.3, -0.25) is 13.9 Å². The second-order valence-corrected chi connectivity index (χ2v) is 11.3. The average Bonchev–Trinajstić information content (AvgIpc) is 2.74. The Morgan fingerprint density at radius 3 is 2.12 bits per heavy atom. The standard InChI is InChI=1S/C24H31Cl2N3O4S/c1-17(2)15-27-24(31)18(3)28(11-10-19-8-6-5-7-9-19)23(30)16-29(34(4,32)33)22-13-20(25)12-21(26)14-22/h5-9,12-14,17-18H,10-11,15-16H2,1-4H3,(H,27,31)/t18-/m1/s1. The summed E-state index contributed by atoms with van der Waals surface area (Å²) in [6, 6.07) is 13.1. The molecule has 7 nitrogen and oxygen atoms in total. The molecule has 0 bridgehead atoms. The van der Waals surface area contributed by atoms with Crippen LogP contribution in [0.5, 0.6) is 0 Å². The number of hydrogen-bond acceptors (Lipinski definition) is 4. The first-order valence-electron chi connectivity index (χ1n) is 10.9. The van der Waals surface area contributed by atoms with E-state index in [1.54, 1.807) is 6.92 Å². The van der Waals surface area contributed by atoms with Gasteiger partial charge in [0, 0.05) is 23.1 Å². The summed E-state index contributed by atoms with van der Waals surface area (Å²) in [6.45, 7) is 5.81. The molecule has 0 heterocycles. The maximum Gasteiger partial charge on any atom is 0.244 e. The zero-order chi connectivity index (χ0) is 25.5. The van der Waals surface area contributed by atoms with Gasteiger partial charge in [0.05, 0.1) is 11.9 Å². The van der Waals surface area contributed by atoms with Gasteiger partial charge in [0.2, 0.25) is 21.8 Å². The smallest absolute Gasteiger partial charge is 0.244 e. The molecule has 0 aromatic heterocycles. The van der Waals surface area contributed by atoms with E-state index in [-0.39, 0.29) is 34.1 Å². The molecule has 0 saturated carbocycles.